The van der Waals surface area contributed by atoms with Crippen molar-refractivity contribution in [2.75, 3.05) is 11.5 Å². The minimum absolute atomic E-state index is 0.0298. The number of hydrogen-bond donors (Lipinski definition) is 2. The molecular formula is C22H29NO3S. The van der Waals surface area contributed by atoms with Gasteiger partial charge in [-0.2, -0.15) is 0 Å². The number of rotatable bonds is 5. The van der Waals surface area contributed by atoms with Gasteiger partial charge in [-0.25, -0.2) is 8.42 Å². The van der Waals surface area contributed by atoms with E-state index in [0.717, 1.165) is 18.4 Å². The molecule has 0 saturated carbocycles. The molecule has 27 heavy (non-hydrogen) atoms. The number of anilines is 1. The second-order valence-corrected chi connectivity index (χ2v) is 9.67. The number of nitrogens with two attached hydrogens (primary N) is 1. The van der Waals surface area contributed by atoms with Crippen LogP contribution in [0.4, 0.5) is 5.69 Å². The Hall–Kier alpha value is -1.85. The van der Waals surface area contributed by atoms with Crippen LogP contribution in [0, 0.1) is 5.41 Å². The first-order chi connectivity index (χ1) is 12.8. The molecule has 2 aromatic carbocycles. The van der Waals surface area contributed by atoms with E-state index in [1.165, 1.54) is 0 Å². The zero-order valence-electron chi connectivity index (χ0n) is 16.1. The molecule has 1 aliphatic heterocycles. The molecule has 0 fully saturated rings. The fourth-order valence-electron chi connectivity index (χ4n) is 4.42. The third-order valence-corrected chi connectivity index (χ3v) is 8.01. The van der Waals surface area contributed by atoms with Crippen LogP contribution in [-0.4, -0.2) is 25.4 Å². The third-order valence-electron chi connectivity index (χ3n) is 6.02. The molecule has 3 N–H and O–H groups in total. The lowest BCUT2D eigenvalue weighted by atomic mass is 9.69. The normalized spacial score (nSPS) is 26.9. The van der Waals surface area contributed by atoms with Crippen LogP contribution in [0.25, 0.3) is 0 Å². The zero-order valence-corrected chi connectivity index (χ0v) is 16.9. The van der Waals surface area contributed by atoms with Gasteiger partial charge < -0.3 is 10.8 Å². The van der Waals surface area contributed by atoms with E-state index in [0.29, 0.717) is 29.0 Å². The third kappa shape index (κ3) is 3.63. The summed E-state index contributed by atoms with van der Waals surface area (Å²) in [5.41, 5.74) is 7.37. The second-order valence-electron chi connectivity index (χ2n) is 7.71. The fraction of sp³-hybridized carbons (Fsp3) is 0.455. The van der Waals surface area contributed by atoms with Crippen molar-refractivity contribution in [3.8, 4) is 0 Å². The molecule has 0 bridgehead atoms. The maximum Gasteiger partial charge on any atom is 0.179 e. The van der Waals surface area contributed by atoms with Crippen molar-refractivity contribution in [3.05, 3.63) is 59.7 Å². The Morgan fingerprint density at radius 1 is 1.15 bits per heavy atom. The van der Waals surface area contributed by atoms with Crippen LogP contribution in [-0.2, 0) is 9.84 Å². The van der Waals surface area contributed by atoms with E-state index in [-0.39, 0.29) is 5.75 Å². The Kier molecular flexibility index (Phi) is 5.63. The number of nitrogen functional groups attached to an aromatic ring is 1. The summed E-state index contributed by atoms with van der Waals surface area (Å²) in [7, 11) is -3.53. The van der Waals surface area contributed by atoms with Crippen LogP contribution in [0.3, 0.4) is 0 Å². The molecule has 1 aliphatic rings. The minimum atomic E-state index is -3.53. The lowest BCUT2D eigenvalue weighted by Crippen LogP contribution is -2.42. The summed E-state index contributed by atoms with van der Waals surface area (Å²) in [5, 5.41) is 11.6. The van der Waals surface area contributed by atoms with Crippen LogP contribution >= 0.6 is 0 Å². The predicted molar refractivity (Wildman–Crippen MR) is 109 cm³/mol. The first kappa shape index (κ1) is 19.9. The topological polar surface area (TPSA) is 80.4 Å². The number of unbranched alkanes of at least 4 members (excludes halogenated alkanes) is 1. The SMILES string of the molecule is CCCC[C@@]1(CC)CS(=O)(=O)c2ccc(N)cc2[C@H](c2ccccc2)[C@@H]1O. The van der Waals surface area contributed by atoms with Gasteiger partial charge in [-0.1, -0.05) is 57.0 Å². The monoisotopic (exact) mass is 387 g/mol. The number of benzene rings is 2. The highest BCUT2D eigenvalue weighted by molar-refractivity contribution is 7.91. The fourth-order valence-corrected chi connectivity index (χ4v) is 6.67. The van der Waals surface area contributed by atoms with E-state index in [2.05, 4.69) is 6.92 Å². The van der Waals surface area contributed by atoms with Crippen molar-refractivity contribution in [1.82, 2.24) is 0 Å². The van der Waals surface area contributed by atoms with E-state index >= 15 is 0 Å². The van der Waals surface area contributed by atoms with Gasteiger partial charge >= 0.3 is 0 Å². The molecule has 0 saturated heterocycles. The summed E-state index contributed by atoms with van der Waals surface area (Å²) in [6.07, 6.45) is 2.35. The van der Waals surface area contributed by atoms with Gasteiger partial charge in [0.1, 0.15) is 0 Å². The summed E-state index contributed by atoms with van der Waals surface area (Å²) < 4.78 is 26.6. The van der Waals surface area contributed by atoms with Crippen LogP contribution in [0.5, 0.6) is 0 Å². The molecule has 0 spiro atoms. The lowest BCUT2D eigenvalue weighted by molar-refractivity contribution is 0.0174. The molecule has 3 rings (SSSR count). The molecule has 1 heterocycles. The number of aliphatic hydroxyl groups is 1. The largest absolute Gasteiger partial charge is 0.399 e. The van der Waals surface area contributed by atoms with Gasteiger partial charge in [-0.3, -0.25) is 0 Å². The van der Waals surface area contributed by atoms with Crippen molar-refractivity contribution >= 4 is 15.5 Å². The molecular weight excluding hydrogens is 358 g/mol. The molecule has 0 radical (unpaired) electrons. The smallest absolute Gasteiger partial charge is 0.179 e. The van der Waals surface area contributed by atoms with Gasteiger partial charge in [0.25, 0.3) is 0 Å². The molecule has 0 unspecified atom stereocenters. The van der Waals surface area contributed by atoms with E-state index in [1.807, 2.05) is 37.3 Å². The predicted octanol–water partition coefficient (Wildman–Crippen LogP) is 4.14. The Labute approximate surface area is 162 Å². The average molecular weight is 388 g/mol. The molecule has 3 atom stereocenters. The van der Waals surface area contributed by atoms with Gasteiger partial charge in [-0.15, -0.1) is 0 Å². The average Bonchev–Trinajstić information content (AvgIpc) is 2.72. The van der Waals surface area contributed by atoms with Gasteiger partial charge in [0.2, 0.25) is 0 Å². The summed E-state index contributed by atoms with van der Waals surface area (Å²) >= 11 is 0. The number of aliphatic hydroxyl groups excluding tert-OH is 1. The van der Waals surface area contributed by atoms with Crippen molar-refractivity contribution in [2.45, 2.75) is 56.4 Å². The highest BCUT2D eigenvalue weighted by Gasteiger charge is 2.48. The lowest BCUT2D eigenvalue weighted by Gasteiger charge is -2.39. The van der Waals surface area contributed by atoms with Gasteiger partial charge in [0.15, 0.2) is 9.84 Å². The maximum absolute atomic E-state index is 13.3. The van der Waals surface area contributed by atoms with Crippen molar-refractivity contribution in [1.29, 1.82) is 0 Å². The van der Waals surface area contributed by atoms with Crippen molar-refractivity contribution < 1.29 is 13.5 Å². The molecule has 0 aliphatic carbocycles. The van der Waals surface area contributed by atoms with Crippen LogP contribution in [0.1, 0.15) is 56.6 Å². The highest BCUT2D eigenvalue weighted by atomic mass is 32.2. The minimum Gasteiger partial charge on any atom is -0.399 e. The Morgan fingerprint density at radius 3 is 2.48 bits per heavy atom. The van der Waals surface area contributed by atoms with Crippen LogP contribution in [0.2, 0.25) is 0 Å². The first-order valence-corrected chi connectivity index (χ1v) is 11.3. The van der Waals surface area contributed by atoms with E-state index in [1.54, 1.807) is 18.2 Å². The maximum atomic E-state index is 13.3. The van der Waals surface area contributed by atoms with Crippen LogP contribution < -0.4 is 5.73 Å². The highest BCUT2D eigenvalue weighted by Crippen LogP contribution is 2.48. The number of hydrogen-bond acceptors (Lipinski definition) is 4. The molecule has 5 heteroatoms. The number of fused-ring (bicyclic) bond motifs is 1. The summed E-state index contributed by atoms with van der Waals surface area (Å²) in [6, 6.07) is 14.6. The van der Waals surface area contributed by atoms with E-state index in [9.17, 15) is 13.5 Å². The second kappa shape index (κ2) is 7.64. The molecule has 146 valence electrons. The Bertz CT molecular complexity index is 895. The van der Waals surface area contributed by atoms with E-state index in [4.69, 9.17) is 5.73 Å². The van der Waals surface area contributed by atoms with Crippen molar-refractivity contribution in [3.63, 3.8) is 0 Å². The molecule has 0 aromatic heterocycles. The Balaban J connectivity index is 2.28. The van der Waals surface area contributed by atoms with Gasteiger partial charge in [0.05, 0.1) is 16.8 Å². The van der Waals surface area contributed by atoms with Gasteiger partial charge in [0, 0.05) is 17.0 Å². The molecule has 0 amide bonds. The van der Waals surface area contributed by atoms with Crippen molar-refractivity contribution in [2.24, 2.45) is 5.41 Å². The van der Waals surface area contributed by atoms with Gasteiger partial charge in [-0.05, 0) is 42.2 Å². The summed E-state index contributed by atoms with van der Waals surface area (Å²) in [4.78, 5) is 0.302. The zero-order chi connectivity index (χ0) is 19.7. The van der Waals surface area contributed by atoms with E-state index < -0.39 is 27.3 Å². The number of sulfone groups is 1. The summed E-state index contributed by atoms with van der Waals surface area (Å²) in [6.45, 7) is 4.08. The molecule has 2 aromatic rings. The summed E-state index contributed by atoms with van der Waals surface area (Å²) in [5.74, 6) is -0.448. The first-order valence-electron chi connectivity index (χ1n) is 9.70. The Morgan fingerprint density at radius 2 is 1.85 bits per heavy atom. The quantitative estimate of drug-likeness (QED) is 0.756. The molecule has 4 nitrogen and oxygen atoms in total. The van der Waals surface area contributed by atoms with Crippen LogP contribution in [0.15, 0.2) is 53.4 Å². The standard InChI is InChI=1S/C22H29NO3S/c1-3-5-13-22(4-2)15-27(25,26)19-12-11-17(23)14-18(19)20(21(22)24)16-9-7-6-8-10-16/h6-12,14,20-21,24H,3-5,13,15,23H2,1-2H3/t20-,21-,22-/m0/s1.